The topological polar surface area (TPSA) is 18.5 Å². The first-order valence-electron chi connectivity index (χ1n) is 20.7. The van der Waals surface area contributed by atoms with E-state index >= 15 is 0 Å². The van der Waals surface area contributed by atoms with Crippen LogP contribution in [0.4, 0.5) is 0 Å². The van der Waals surface area contributed by atoms with Gasteiger partial charge in [-0.3, -0.25) is 0 Å². The molecule has 0 N–H and O–H groups in total. The number of para-hydroxylation sites is 4. The first kappa shape index (κ1) is 34.1. The maximum absolute atomic E-state index is 10.1. The molecule has 0 saturated heterocycles. The molecule has 0 aromatic heterocycles. The first-order chi connectivity index (χ1) is 27.6. The van der Waals surface area contributed by atoms with Crippen LogP contribution in [0.5, 0.6) is 23.0 Å². The van der Waals surface area contributed by atoms with Gasteiger partial charge < -0.3 is 9.47 Å². The minimum atomic E-state index is -3.13. The molecule has 7 aromatic rings. The van der Waals surface area contributed by atoms with Gasteiger partial charge >= 0.3 is 0 Å². The first-order valence-corrected chi connectivity index (χ1v) is 28.2. The lowest BCUT2D eigenvalue weighted by Gasteiger charge is -2.40. The highest BCUT2D eigenvalue weighted by molar-refractivity contribution is 7.20. The molecule has 0 spiro atoms. The van der Waals surface area contributed by atoms with E-state index in [1.54, 1.807) is 0 Å². The summed E-state index contributed by atoms with van der Waals surface area (Å²) in [5.74, 6) is 3.26. The fraction of sp³-hybridized carbons (Fsp3) is 0.176. The summed E-state index contributed by atoms with van der Waals surface area (Å²) in [6.45, 7) is 9.83. The monoisotopic (exact) mass is 777 g/mol. The Morgan fingerprint density at radius 3 is 1.59 bits per heavy atom. The van der Waals surface area contributed by atoms with Gasteiger partial charge in [0.1, 0.15) is 39.1 Å². The fourth-order valence-corrected chi connectivity index (χ4v) is 20.8. The summed E-state index contributed by atoms with van der Waals surface area (Å²) in [5.41, 5.74) is 3.33. The van der Waals surface area contributed by atoms with E-state index in [0.717, 1.165) is 65.4 Å². The molecule has 1 saturated carbocycles. The molecule has 0 bridgehead atoms. The number of ether oxygens (including phenoxy) is 2. The van der Waals surface area contributed by atoms with Crippen LogP contribution in [0.25, 0.3) is 11.1 Å². The Morgan fingerprint density at radius 1 is 0.482 bits per heavy atom. The van der Waals surface area contributed by atoms with Crippen LogP contribution >= 0.6 is 0 Å². The molecular weight excluding hydrogens is 729 g/mol. The number of benzene rings is 7. The van der Waals surface area contributed by atoms with E-state index in [4.69, 9.17) is 9.47 Å². The summed E-state index contributed by atoms with van der Waals surface area (Å²) in [7, 11) is -7.38. The van der Waals surface area contributed by atoms with Crippen molar-refractivity contribution in [1.29, 1.82) is 0 Å². The Labute approximate surface area is 336 Å². The Hall–Kier alpha value is -5.21. The molecule has 2 heterocycles. The summed E-state index contributed by atoms with van der Waals surface area (Å²) in [6, 6.07) is 60.7. The average molecular weight is 778 g/mol. The summed E-state index contributed by atoms with van der Waals surface area (Å²) in [6.07, 6.45) is 3.86. The van der Waals surface area contributed by atoms with E-state index in [1.165, 1.54) is 41.5 Å². The number of hydrogen-bond donors (Lipinski definition) is 0. The molecule has 276 valence electrons. The van der Waals surface area contributed by atoms with E-state index in [9.17, 15) is 1.37 Å². The maximum atomic E-state index is 10.1. The minimum Gasteiger partial charge on any atom is -0.458 e. The molecule has 5 heteroatoms. The van der Waals surface area contributed by atoms with E-state index in [-0.39, 0.29) is 0 Å². The van der Waals surface area contributed by atoms with Gasteiger partial charge in [0, 0.05) is 6.93 Å². The van der Waals surface area contributed by atoms with Gasteiger partial charge in [0.2, 0.25) is 0 Å². The highest BCUT2D eigenvalue weighted by Gasteiger charge is 2.48. The molecule has 2 aliphatic heterocycles. The highest BCUT2D eigenvalue weighted by Crippen LogP contribution is 2.44. The molecule has 10 rings (SSSR count). The van der Waals surface area contributed by atoms with Crippen molar-refractivity contribution < 1.29 is 10.8 Å². The summed E-state index contributed by atoms with van der Waals surface area (Å²) in [5, 5.41) is 10.5. The molecule has 0 atom stereocenters. The molecule has 2 nitrogen and oxygen atoms in total. The second-order valence-corrected chi connectivity index (χ2v) is 29.3. The molecule has 56 heavy (non-hydrogen) atoms. The van der Waals surface area contributed by atoms with Gasteiger partial charge in [-0.05, 0) is 83.5 Å². The zero-order chi connectivity index (χ0) is 39.0. The molecule has 0 amide bonds. The van der Waals surface area contributed by atoms with E-state index < -0.39 is 30.1 Å². The van der Waals surface area contributed by atoms with Crippen molar-refractivity contribution >= 4 is 65.7 Å². The fourth-order valence-electron chi connectivity index (χ4n) is 10.2. The van der Waals surface area contributed by atoms with Gasteiger partial charge in [-0.2, -0.15) is 0 Å². The van der Waals surface area contributed by atoms with Crippen LogP contribution in [0, 0.1) is 0 Å². The molecule has 1 fully saturated rings. The molecule has 3 aliphatic rings. The van der Waals surface area contributed by atoms with Crippen LogP contribution in [0.3, 0.4) is 0 Å². The minimum absolute atomic E-state index is 0.672. The Kier molecular flexibility index (Phi) is 8.20. The third-order valence-corrected chi connectivity index (χ3v) is 24.8. The normalized spacial score (nSPS) is 17.2. The summed E-state index contributed by atoms with van der Waals surface area (Å²) in [4.78, 5) is 0. The maximum Gasteiger partial charge on any atom is 0.183 e. The van der Waals surface area contributed by atoms with Gasteiger partial charge in [0.25, 0.3) is 0 Å². The van der Waals surface area contributed by atoms with Crippen molar-refractivity contribution in [2.24, 2.45) is 0 Å². The molecule has 0 radical (unpaired) electrons. The molecule has 0 unspecified atom stereocenters. The predicted octanol–water partition coefficient (Wildman–Crippen LogP) is 8.25. The summed E-state index contributed by atoms with van der Waals surface area (Å²) >= 11 is 0. The second kappa shape index (κ2) is 13.5. The molecular formula is C51H48O2Si3. The largest absolute Gasteiger partial charge is 0.458 e. The third kappa shape index (κ3) is 5.32. The zero-order valence-electron chi connectivity index (χ0n) is 33.7. The SMILES string of the molecule is [2H]C1(c2ccc([Si](c3ccccc3)(c3ccccc3)c3cccc4c3Oc3ccccc3[Si]4(C)C)cc2-c2cccc3c2Oc2ccccc2[Si]3(C)C)CCCC1. The van der Waals surface area contributed by atoms with E-state index in [0.29, 0.717) is 0 Å². The van der Waals surface area contributed by atoms with Gasteiger partial charge in [-0.1, -0.05) is 191 Å². The smallest absolute Gasteiger partial charge is 0.183 e. The number of hydrogen-bond acceptors (Lipinski definition) is 2. The van der Waals surface area contributed by atoms with Crippen molar-refractivity contribution in [3.8, 4) is 34.1 Å². The lowest BCUT2D eigenvalue weighted by Crippen LogP contribution is -2.75. The van der Waals surface area contributed by atoms with Crippen molar-refractivity contribution in [2.75, 3.05) is 0 Å². The Morgan fingerprint density at radius 2 is 0.982 bits per heavy atom. The van der Waals surface area contributed by atoms with Gasteiger partial charge in [-0.25, -0.2) is 0 Å². The standard InChI is InChI=1S/C51H48O2Si3/c1-54(2)45-28-15-13-26-43(45)52-50-41(25-17-30-47(50)54)42-35-39(33-34-40(42)36-19-11-12-20-36)56(37-21-7-5-8-22-37,38-23-9-6-10-24-38)49-32-18-31-48-51(49)53-44-27-14-16-29-46(44)55(48,3)4/h5-10,13-18,21-36H,11-12,19-20H2,1-4H3/i36D. The average Bonchev–Trinajstić information content (AvgIpc) is 3.69. The van der Waals surface area contributed by atoms with Gasteiger partial charge in [0.15, 0.2) is 8.07 Å². The van der Waals surface area contributed by atoms with Crippen LogP contribution in [-0.2, 0) is 0 Å². The summed E-state index contributed by atoms with van der Waals surface area (Å²) < 4.78 is 24.3. The Balaban J connectivity index is 1.31. The van der Waals surface area contributed by atoms with Crippen LogP contribution in [0.1, 0.15) is 38.5 Å². The number of rotatable bonds is 6. The van der Waals surface area contributed by atoms with E-state index in [1.807, 2.05) is 0 Å². The highest BCUT2D eigenvalue weighted by atomic mass is 28.3. The Bertz CT molecular complexity index is 2630. The third-order valence-electron chi connectivity index (χ3n) is 13.1. The lowest BCUT2D eigenvalue weighted by molar-refractivity contribution is 0.488. The van der Waals surface area contributed by atoms with Crippen molar-refractivity contribution in [1.82, 2.24) is 0 Å². The van der Waals surface area contributed by atoms with Crippen LogP contribution in [0.2, 0.25) is 26.2 Å². The van der Waals surface area contributed by atoms with Crippen molar-refractivity contribution in [3.05, 3.63) is 169 Å². The zero-order valence-corrected chi connectivity index (χ0v) is 35.7. The molecule has 7 aromatic carbocycles. The second-order valence-electron chi connectivity index (χ2n) is 16.9. The van der Waals surface area contributed by atoms with Gasteiger partial charge in [0.05, 0.1) is 0 Å². The van der Waals surface area contributed by atoms with Gasteiger partial charge in [-0.15, -0.1) is 0 Å². The van der Waals surface area contributed by atoms with Crippen LogP contribution < -0.4 is 51.0 Å². The van der Waals surface area contributed by atoms with Crippen LogP contribution in [0.15, 0.2) is 164 Å². The molecule has 1 aliphatic carbocycles. The van der Waals surface area contributed by atoms with Crippen molar-refractivity contribution in [3.63, 3.8) is 0 Å². The number of fused-ring (bicyclic) bond motifs is 4. The predicted molar refractivity (Wildman–Crippen MR) is 243 cm³/mol. The van der Waals surface area contributed by atoms with Crippen molar-refractivity contribution in [2.45, 2.75) is 57.8 Å². The van der Waals surface area contributed by atoms with E-state index in [2.05, 4.69) is 190 Å². The quantitative estimate of drug-likeness (QED) is 0.125. The van der Waals surface area contributed by atoms with Crippen LogP contribution in [-0.4, -0.2) is 24.2 Å². The lowest BCUT2D eigenvalue weighted by atomic mass is 9.89.